The summed E-state index contributed by atoms with van der Waals surface area (Å²) in [6.45, 7) is 6.06. The summed E-state index contributed by atoms with van der Waals surface area (Å²) in [5, 5.41) is 0.920. The van der Waals surface area contributed by atoms with Gasteiger partial charge in [-0.2, -0.15) is 0 Å². The second-order valence-corrected chi connectivity index (χ2v) is 7.60. The van der Waals surface area contributed by atoms with Crippen LogP contribution in [0.1, 0.15) is 54.9 Å². The van der Waals surface area contributed by atoms with Gasteiger partial charge in [0.15, 0.2) is 0 Å². The second kappa shape index (κ2) is 6.87. The molecule has 0 saturated carbocycles. The topological polar surface area (TPSA) is 59.2 Å². The van der Waals surface area contributed by atoms with Crippen molar-refractivity contribution in [2.75, 3.05) is 18.8 Å². The highest BCUT2D eigenvalue weighted by atomic mass is 32.1. The number of carbonyl (C=O) groups is 1. The van der Waals surface area contributed by atoms with Crippen LogP contribution in [0.4, 0.5) is 5.69 Å². The second-order valence-electron chi connectivity index (χ2n) is 6.60. The van der Waals surface area contributed by atoms with Crippen molar-refractivity contribution in [3.05, 3.63) is 22.7 Å². The maximum Gasteiger partial charge on any atom is 0.266 e. The predicted octanol–water partition coefficient (Wildman–Crippen LogP) is 4.09. The molecule has 23 heavy (non-hydrogen) atoms. The van der Waals surface area contributed by atoms with Gasteiger partial charge < -0.3 is 10.6 Å². The minimum atomic E-state index is 0.0761. The van der Waals surface area contributed by atoms with E-state index in [9.17, 15) is 4.79 Å². The van der Waals surface area contributed by atoms with Gasteiger partial charge in [-0.15, -0.1) is 11.3 Å². The van der Waals surface area contributed by atoms with Gasteiger partial charge in [-0.1, -0.05) is 20.3 Å². The minimum Gasteiger partial charge on any atom is -0.397 e. The van der Waals surface area contributed by atoms with E-state index in [1.54, 1.807) is 0 Å². The van der Waals surface area contributed by atoms with Crippen LogP contribution in [0.2, 0.25) is 0 Å². The van der Waals surface area contributed by atoms with Crippen LogP contribution in [0.3, 0.4) is 0 Å². The molecule has 2 aromatic rings. The number of anilines is 1. The smallest absolute Gasteiger partial charge is 0.266 e. The van der Waals surface area contributed by atoms with E-state index < -0.39 is 0 Å². The molecular weight excluding hydrogens is 306 g/mol. The fraction of sp³-hybridized carbons (Fsp3) is 0.556. The van der Waals surface area contributed by atoms with Crippen LogP contribution < -0.4 is 5.73 Å². The molecule has 3 rings (SSSR count). The van der Waals surface area contributed by atoms with Gasteiger partial charge in [-0.05, 0) is 43.7 Å². The highest BCUT2D eigenvalue weighted by Gasteiger charge is 2.26. The van der Waals surface area contributed by atoms with Gasteiger partial charge in [0.1, 0.15) is 9.71 Å². The molecule has 2 N–H and O–H groups in total. The Morgan fingerprint density at radius 3 is 3.04 bits per heavy atom. The van der Waals surface area contributed by atoms with E-state index in [-0.39, 0.29) is 5.91 Å². The average molecular weight is 331 g/mol. The summed E-state index contributed by atoms with van der Waals surface area (Å²) in [7, 11) is 0. The third kappa shape index (κ3) is 3.34. The number of likely N-dealkylation sites (tertiary alicyclic amines) is 1. The number of carbonyl (C=O) groups excluding carboxylic acids is 1. The molecule has 5 heteroatoms. The van der Waals surface area contributed by atoms with Crippen molar-refractivity contribution in [1.82, 2.24) is 9.88 Å². The summed E-state index contributed by atoms with van der Waals surface area (Å²) in [6, 6.07) is 4.06. The average Bonchev–Trinajstić information content (AvgIpc) is 2.88. The number of hydrogen-bond donors (Lipinski definition) is 1. The Bertz CT molecular complexity index is 710. The lowest BCUT2D eigenvalue weighted by Gasteiger charge is -2.30. The quantitative estimate of drug-likeness (QED) is 0.918. The van der Waals surface area contributed by atoms with Crippen molar-refractivity contribution >= 4 is 33.1 Å². The van der Waals surface area contributed by atoms with Crippen molar-refractivity contribution in [3.8, 4) is 0 Å². The molecule has 1 unspecified atom stereocenters. The SMILES string of the molecule is CCCCc1ccc2c(N)c(C(=O)N3CCCC(C)C3)sc2n1. The van der Waals surface area contributed by atoms with Gasteiger partial charge in [-0.25, -0.2) is 4.98 Å². The monoisotopic (exact) mass is 331 g/mol. The zero-order valence-corrected chi connectivity index (χ0v) is 14.8. The van der Waals surface area contributed by atoms with Crippen molar-refractivity contribution < 1.29 is 4.79 Å². The number of nitrogens with zero attached hydrogens (tertiary/aromatic N) is 2. The molecule has 3 heterocycles. The molecule has 0 aromatic carbocycles. The maximum atomic E-state index is 12.8. The first-order chi connectivity index (χ1) is 11.1. The van der Waals surface area contributed by atoms with Crippen LogP contribution in [0.25, 0.3) is 10.2 Å². The third-order valence-electron chi connectivity index (χ3n) is 4.58. The zero-order valence-electron chi connectivity index (χ0n) is 14.0. The number of nitrogens with two attached hydrogens (primary N) is 1. The van der Waals surface area contributed by atoms with E-state index in [2.05, 4.69) is 13.8 Å². The van der Waals surface area contributed by atoms with E-state index >= 15 is 0 Å². The van der Waals surface area contributed by atoms with Crippen LogP contribution in [-0.2, 0) is 6.42 Å². The van der Waals surface area contributed by atoms with Gasteiger partial charge >= 0.3 is 0 Å². The summed E-state index contributed by atoms with van der Waals surface area (Å²) < 4.78 is 0. The Morgan fingerprint density at radius 1 is 1.48 bits per heavy atom. The number of aromatic nitrogens is 1. The third-order valence-corrected chi connectivity index (χ3v) is 5.68. The lowest BCUT2D eigenvalue weighted by atomic mass is 10.00. The van der Waals surface area contributed by atoms with Crippen LogP contribution >= 0.6 is 11.3 Å². The molecule has 1 saturated heterocycles. The Hall–Kier alpha value is -1.62. The molecular formula is C18H25N3OS. The number of unbranched alkanes of at least 4 members (excludes halogenated alkanes) is 1. The van der Waals surface area contributed by atoms with Crippen molar-refractivity contribution in [2.45, 2.75) is 46.0 Å². The molecule has 0 bridgehead atoms. The van der Waals surface area contributed by atoms with Crippen molar-refractivity contribution in [1.29, 1.82) is 0 Å². The van der Waals surface area contributed by atoms with Crippen LogP contribution in [0.15, 0.2) is 12.1 Å². The molecule has 1 aliphatic heterocycles. The summed E-state index contributed by atoms with van der Waals surface area (Å²) in [5.41, 5.74) is 7.94. The molecule has 4 nitrogen and oxygen atoms in total. The number of rotatable bonds is 4. The van der Waals surface area contributed by atoms with E-state index in [0.29, 0.717) is 16.5 Å². The first-order valence-electron chi connectivity index (χ1n) is 8.57. The summed E-state index contributed by atoms with van der Waals surface area (Å²) >= 11 is 1.45. The lowest BCUT2D eigenvalue weighted by molar-refractivity contribution is 0.0689. The minimum absolute atomic E-state index is 0.0761. The van der Waals surface area contributed by atoms with Crippen LogP contribution in [-0.4, -0.2) is 28.9 Å². The molecule has 124 valence electrons. The number of amides is 1. The van der Waals surface area contributed by atoms with Crippen molar-refractivity contribution in [2.24, 2.45) is 5.92 Å². The van der Waals surface area contributed by atoms with Gasteiger partial charge in [0, 0.05) is 24.2 Å². The summed E-state index contributed by atoms with van der Waals surface area (Å²) in [5.74, 6) is 0.647. The first kappa shape index (κ1) is 16.2. The number of thiophene rings is 1. The standard InChI is InChI=1S/C18H25N3OS/c1-3-4-7-13-8-9-14-15(19)16(23-17(14)20-13)18(22)21-10-5-6-12(2)11-21/h8-9,12H,3-7,10-11,19H2,1-2H3. The van der Waals surface area contributed by atoms with E-state index in [1.165, 1.54) is 17.8 Å². The fourth-order valence-corrected chi connectivity index (χ4v) is 4.29. The first-order valence-corrected chi connectivity index (χ1v) is 9.39. The summed E-state index contributed by atoms with van der Waals surface area (Å²) in [4.78, 5) is 21.0. The lowest BCUT2D eigenvalue weighted by Crippen LogP contribution is -2.38. The molecule has 1 amide bonds. The van der Waals surface area contributed by atoms with Gasteiger partial charge in [-0.3, -0.25) is 4.79 Å². The number of piperidine rings is 1. The number of aryl methyl sites for hydroxylation is 1. The Kier molecular flexibility index (Phi) is 4.85. The largest absolute Gasteiger partial charge is 0.397 e. The predicted molar refractivity (Wildman–Crippen MR) is 96.9 cm³/mol. The zero-order chi connectivity index (χ0) is 16.4. The van der Waals surface area contributed by atoms with Gasteiger partial charge in [0.05, 0.1) is 5.69 Å². The van der Waals surface area contributed by atoms with E-state index in [1.807, 2.05) is 17.0 Å². The van der Waals surface area contributed by atoms with E-state index in [0.717, 1.165) is 54.7 Å². The van der Waals surface area contributed by atoms with Crippen LogP contribution in [0, 0.1) is 5.92 Å². The Morgan fingerprint density at radius 2 is 2.30 bits per heavy atom. The molecule has 2 aromatic heterocycles. The molecule has 1 atom stereocenters. The normalized spacial score (nSPS) is 18.5. The number of fused-ring (bicyclic) bond motifs is 1. The molecule has 1 aliphatic rings. The Labute approximate surface area is 141 Å². The highest BCUT2D eigenvalue weighted by Crippen LogP contribution is 2.34. The number of pyridine rings is 1. The van der Waals surface area contributed by atoms with Crippen molar-refractivity contribution in [3.63, 3.8) is 0 Å². The molecule has 0 spiro atoms. The number of nitrogen functional groups attached to an aromatic ring is 1. The summed E-state index contributed by atoms with van der Waals surface area (Å²) in [6.07, 6.45) is 5.56. The fourth-order valence-electron chi connectivity index (χ4n) is 3.21. The van der Waals surface area contributed by atoms with Gasteiger partial charge in [0.25, 0.3) is 5.91 Å². The van der Waals surface area contributed by atoms with Gasteiger partial charge in [0.2, 0.25) is 0 Å². The molecule has 1 fully saturated rings. The molecule has 0 aliphatic carbocycles. The van der Waals surface area contributed by atoms with Crippen LogP contribution in [0.5, 0.6) is 0 Å². The maximum absolute atomic E-state index is 12.8. The molecule has 0 radical (unpaired) electrons. The highest BCUT2D eigenvalue weighted by molar-refractivity contribution is 7.21. The Balaban J connectivity index is 1.88. The number of hydrogen-bond acceptors (Lipinski definition) is 4. The van der Waals surface area contributed by atoms with E-state index in [4.69, 9.17) is 10.7 Å².